The summed E-state index contributed by atoms with van der Waals surface area (Å²) in [5.74, 6) is 0.197. The van der Waals surface area contributed by atoms with Crippen molar-refractivity contribution in [1.82, 2.24) is 9.80 Å². The molecule has 1 heterocycles. The van der Waals surface area contributed by atoms with Crippen LogP contribution in [-0.2, 0) is 4.79 Å². The maximum absolute atomic E-state index is 12.4. The Kier molecular flexibility index (Phi) is 6.14. The minimum atomic E-state index is -0.108. The van der Waals surface area contributed by atoms with E-state index in [9.17, 15) is 4.79 Å². The Morgan fingerprint density at radius 1 is 1.33 bits per heavy atom. The molecule has 2 atom stereocenters. The van der Waals surface area contributed by atoms with Crippen molar-refractivity contribution in [2.75, 3.05) is 26.2 Å². The second-order valence-corrected chi connectivity index (χ2v) is 5.18. The quantitative estimate of drug-likeness (QED) is 0.749. The first-order chi connectivity index (χ1) is 8.60. The third-order valence-corrected chi connectivity index (χ3v) is 3.71. The maximum Gasteiger partial charge on any atom is 0.239 e. The average Bonchev–Trinajstić information content (AvgIpc) is 2.43. The zero-order chi connectivity index (χ0) is 13.5. The topological polar surface area (TPSA) is 47.3 Å². The molecular weight excluding hydrogens is 226 g/mol. The summed E-state index contributed by atoms with van der Waals surface area (Å²) in [4.78, 5) is 16.5. The predicted molar refractivity (Wildman–Crippen MR) is 71.9 cm³/mol. The van der Waals surface area contributed by atoms with Crippen LogP contribution in [0.4, 0.5) is 0 Å². The molecule has 1 aliphatic rings. The van der Waals surface area contributed by atoms with Crippen molar-refractivity contribution in [1.29, 1.82) is 5.26 Å². The first-order valence-electron chi connectivity index (χ1n) is 7.02. The molecule has 1 saturated heterocycles. The Bertz CT molecular complexity index is 305. The van der Waals surface area contributed by atoms with Crippen LogP contribution in [0.2, 0.25) is 0 Å². The Hall–Kier alpha value is -1.08. The number of likely N-dealkylation sites (N-methyl/N-ethyl adjacent to an activating group) is 1. The van der Waals surface area contributed by atoms with E-state index in [1.165, 1.54) is 6.42 Å². The highest BCUT2D eigenvalue weighted by Gasteiger charge is 2.26. The van der Waals surface area contributed by atoms with Gasteiger partial charge in [-0.25, -0.2) is 0 Å². The van der Waals surface area contributed by atoms with Crippen molar-refractivity contribution in [3.05, 3.63) is 0 Å². The third-order valence-electron chi connectivity index (χ3n) is 3.71. The number of carbonyl (C=O) groups excluding carboxylic acids is 1. The lowest BCUT2D eigenvalue weighted by atomic mass is 10.1. The first-order valence-corrected chi connectivity index (χ1v) is 7.02. The summed E-state index contributed by atoms with van der Waals surface area (Å²) in [6.07, 6.45) is 3.49. The summed E-state index contributed by atoms with van der Waals surface area (Å²) in [5.41, 5.74) is 0. The SMILES string of the molecule is CCN(CC(C)C#N)C(C)C(=O)N1CCCCC1. The van der Waals surface area contributed by atoms with E-state index in [1.54, 1.807) is 0 Å². The molecule has 4 heteroatoms. The molecule has 18 heavy (non-hydrogen) atoms. The summed E-state index contributed by atoms with van der Waals surface area (Å²) in [5, 5.41) is 8.88. The van der Waals surface area contributed by atoms with E-state index in [0.717, 1.165) is 32.5 Å². The average molecular weight is 251 g/mol. The summed E-state index contributed by atoms with van der Waals surface area (Å²) < 4.78 is 0. The number of rotatable bonds is 5. The lowest BCUT2D eigenvalue weighted by Crippen LogP contribution is -2.49. The van der Waals surface area contributed by atoms with Gasteiger partial charge in [-0.3, -0.25) is 9.69 Å². The van der Waals surface area contributed by atoms with Gasteiger partial charge in [0.15, 0.2) is 0 Å². The molecule has 0 bridgehead atoms. The molecular formula is C14H25N3O. The lowest BCUT2D eigenvalue weighted by molar-refractivity contribution is -0.137. The minimum Gasteiger partial charge on any atom is -0.341 e. The van der Waals surface area contributed by atoms with E-state index in [0.29, 0.717) is 6.54 Å². The molecule has 0 aromatic heterocycles. The van der Waals surface area contributed by atoms with Crippen molar-refractivity contribution < 1.29 is 4.79 Å². The summed E-state index contributed by atoms with van der Waals surface area (Å²) in [6.45, 7) is 9.19. The Balaban J connectivity index is 2.56. The van der Waals surface area contributed by atoms with E-state index in [2.05, 4.69) is 11.0 Å². The van der Waals surface area contributed by atoms with Crippen LogP contribution in [0.3, 0.4) is 0 Å². The number of hydrogen-bond donors (Lipinski definition) is 0. The van der Waals surface area contributed by atoms with Crippen LogP contribution in [0.25, 0.3) is 0 Å². The number of nitrogens with zero attached hydrogens (tertiary/aromatic N) is 3. The molecule has 1 rings (SSSR count). The fraction of sp³-hybridized carbons (Fsp3) is 0.857. The summed E-state index contributed by atoms with van der Waals surface area (Å²) in [7, 11) is 0. The molecule has 0 aromatic rings. The van der Waals surface area contributed by atoms with Gasteiger partial charge in [0.2, 0.25) is 5.91 Å². The number of piperidine rings is 1. The monoisotopic (exact) mass is 251 g/mol. The van der Waals surface area contributed by atoms with E-state index in [1.807, 2.05) is 25.7 Å². The third kappa shape index (κ3) is 3.99. The molecule has 0 saturated carbocycles. The standard InChI is InChI=1S/C14H25N3O/c1-4-16(11-12(2)10-15)13(3)14(18)17-8-6-5-7-9-17/h12-13H,4-9,11H2,1-3H3. The van der Waals surface area contributed by atoms with Gasteiger partial charge in [-0.2, -0.15) is 5.26 Å². The number of amides is 1. The van der Waals surface area contributed by atoms with Gasteiger partial charge in [0.05, 0.1) is 18.0 Å². The first kappa shape index (κ1) is 15.0. The van der Waals surface area contributed by atoms with Crippen molar-refractivity contribution in [3.63, 3.8) is 0 Å². The Labute approximate surface area is 111 Å². The second-order valence-electron chi connectivity index (χ2n) is 5.18. The van der Waals surface area contributed by atoms with Gasteiger partial charge >= 0.3 is 0 Å². The van der Waals surface area contributed by atoms with Gasteiger partial charge in [0.25, 0.3) is 0 Å². The van der Waals surface area contributed by atoms with E-state index in [-0.39, 0.29) is 17.9 Å². The predicted octanol–water partition coefficient (Wildman–Crippen LogP) is 1.87. The van der Waals surface area contributed by atoms with Gasteiger partial charge in [-0.05, 0) is 39.7 Å². The normalized spacial score (nSPS) is 19.4. The zero-order valence-corrected chi connectivity index (χ0v) is 11.9. The van der Waals surface area contributed by atoms with Crippen molar-refractivity contribution in [3.8, 4) is 6.07 Å². The van der Waals surface area contributed by atoms with Crippen molar-refractivity contribution in [2.45, 2.75) is 46.1 Å². The zero-order valence-electron chi connectivity index (χ0n) is 11.9. The van der Waals surface area contributed by atoms with Crippen LogP contribution in [0, 0.1) is 17.2 Å². The number of nitriles is 1. The van der Waals surface area contributed by atoms with Crippen molar-refractivity contribution in [2.24, 2.45) is 5.92 Å². The fourth-order valence-electron chi connectivity index (χ4n) is 2.49. The van der Waals surface area contributed by atoms with Crippen LogP contribution in [0.15, 0.2) is 0 Å². The Morgan fingerprint density at radius 2 is 1.94 bits per heavy atom. The van der Waals surface area contributed by atoms with Gasteiger partial charge in [-0.15, -0.1) is 0 Å². The van der Waals surface area contributed by atoms with Gasteiger partial charge in [-0.1, -0.05) is 6.92 Å². The van der Waals surface area contributed by atoms with E-state index in [4.69, 9.17) is 5.26 Å². The number of likely N-dealkylation sites (tertiary alicyclic amines) is 1. The number of carbonyl (C=O) groups is 1. The van der Waals surface area contributed by atoms with Crippen LogP contribution >= 0.6 is 0 Å². The van der Waals surface area contributed by atoms with Crippen LogP contribution in [0.1, 0.15) is 40.0 Å². The number of hydrogen-bond acceptors (Lipinski definition) is 3. The molecule has 1 aliphatic heterocycles. The largest absolute Gasteiger partial charge is 0.341 e. The van der Waals surface area contributed by atoms with Crippen LogP contribution < -0.4 is 0 Å². The van der Waals surface area contributed by atoms with Crippen LogP contribution in [-0.4, -0.2) is 47.9 Å². The molecule has 1 fully saturated rings. The van der Waals surface area contributed by atoms with E-state index < -0.39 is 0 Å². The maximum atomic E-state index is 12.4. The lowest BCUT2D eigenvalue weighted by Gasteiger charge is -2.34. The highest BCUT2D eigenvalue weighted by atomic mass is 16.2. The van der Waals surface area contributed by atoms with Crippen LogP contribution in [0.5, 0.6) is 0 Å². The molecule has 0 aliphatic carbocycles. The fourth-order valence-corrected chi connectivity index (χ4v) is 2.49. The molecule has 0 radical (unpaired) electrons. The Morgan fingerprint density at radius 3 is 2.44 bits per heavy atom. The molecule has 2 unspecified atom stereocenters. The second kappa shape index (κ2) is 7.38. The highest BCUT2D eigenvalue weighted by molar-refractivity contribution is 5.81. The summed E-state index contributed by atoms with van der Waals surface area (Å²) in [6, 6.07) is 2.13. The van der Waals surface area contributed by atoms with E-state index >= 15 is 0 Å². The van der Waals surface area contributed by atoms with Gasteiger partial charge in [0.1, 0.15) is 0 Å². The van der Waals surface area contributed by atoms with Gasteiger partial charge < -0.3 is 4.90 Å². The smallest absolute Gasteiger partial charge is 0.239 e. The molecule has 0 N–H and O–H groups in total. The molecule has 102 valence electrons. The van der Waals surface area contributed by atoms with Gasteiger partial charge in [0, 0.05) is 19.6 Å². The molecule has 1 amide bonds. The minimum absolute atomic E-state index is 0.0263. The highest BCUT2D eigenvalue weighted by Crippen LogP contribution is 2.13. The molecule has 0 aromatic carbocycles. The molecule has 4 nitrogen and oxygen atoms in total. The molecule has 0 spiro atoms. The summed E-state index contributed by atoms with van der Waals surface area (Å²) >= 11 is 0. The van der Waals surface area contributed by atoms with Crippen molar-refractivity contribution >= 4 is 5.91 Å².